The van der Waals surface area contributed by atoms with Crippen LogP contribution in [0, 0.1) is 0 Å². The molecule has 0 saturated heterocycles. The lowest BCUT2D eigenvalue weighted by molar-refractivity contribution is 0.668. The molecule has 2 aliphatic rings. The van der Waals surface area contributed by atoms with E-state index in [1.165, 1.54) is 55.6 Å². The van der Waals surface area contributed by atoms with Crippen LogP contribution in [0.15, 0.2) is 258 Å². The van der Waals surface area contributed by atoms with Gasteiger partial charge in [-0.05, 0) is 120 Å². The van der Waals surface area contributed by atoms with Crippen molar-refractivity contribution in [2.45, 2.75) is 5.41 Å². The van der Waals surface area contributed by atoms with E-state index in [0.717, 1.165) is 82.8 Å². The summed E-state index contributed by atoms with van der Waals surface area (Å²) in [6.45, 7) is 0. The molecule has 348 valence electrons. The molecule has 11 aromatic carbocycles. The Morgan fingerprint density at radius 2 is 0.720 bits per heavy atom. The molecule has 16 rings (SSSR count). The summed E-state index contributed by atoms with van der Waals surface area (Å²) < 4.78 is 13.2. The molecule has 0 unspecified atom stereocenters. The highest BCUT2D eigenvalue weighted by Crippen LogP contribution is 2.63. The number of aromatic nitrogens is 3. The van der Waals surface area contributed by atoms with Crippen molar-refractivity contribution in [3.05, 3.63) is 271 Å². The highest BCUT2D eigenvalue weighted by Gasteiger charge is 2.51. The Labute approximate surface area is 431 Å². The topological polar surface area (TPSA) is 65.0 Å². The highest BCUT2D eigenvalue weighted by molar-refractivity contribution is 6.13. The second kappa shape index (κ2) is 16.0. The molecule has 0 aliphatic heterocycles. The molecule has 0 fully saturated rings. The minimum atomic E-state index is -0.357. The summed E-state index contributed by atoms with van der Waals surface area (Å²) in [6.07, 6.45) is 0. The molecule has 0 saturated carbocycles. The van der Waals surface area contributed by atoms with Gasteiger partial charge in [-0.1, -0.05) is 206 Å². The van der Waals surface area contributed by atoms with E-state index in [0.29, 0.717) is 17.5 Å². The van der Waals surface area contributed by atoms with E-state index in [1.54, 1.807) is 0 Å². The van der Waals surface area contributed by atoms with Crippen molar-refractivity contribution in [2.75, 3.05) is 0 Å². The van der Waals surface area contributed by atoms with E-state index < -0.39 is 0 Å². The van der Waals surface area contributed by atoms with Gasteiger partial charge in [-0.15, -0.1) is 0 Å². The zero-order chi connectivity index (χ0) is 49.2. The zero-order valence-corrected chi connectivity index (χ0v) is 40.3. The largest absolute Gasteiger partial charge is 0.456 e. The first-order chi connectivity index (χ1) is 37.2. The monoisotopic (exact) mass is 955 g/mol. The van der Waals surface area contributed by atoms with Crippen molar-refractivity contribution in [1.82, 2.24) is 15.0 Å². The van der Waals surface area contributed by atoms with Gasteiger partial charge in [0.15, 0.2) is 17.5 Å². The van der Waals surface area contributed by atoms with Gasteiger partial charge in [-0.25, -0.2) is 15.0 Å². The number of benzene rings is 11. The van der Waals surface area contributed by atoms with E-state index in [9.17, 15) is 0 Å². The van der Waals surface area contributed by atoms with Crippen LogP contribution in [0.5, 0.6) is 0 Å². The van der Waals surface area contributed by atoms with Crippen LogP contribution < -0.4 is 0 Å². The minimum absolute atomic E-state index is 0.357. The van der Waals surface area contributed by atoms with Crippen molar-refractivity contribution < 1.29 is 8.83 Å². The molecule has 2 aliphatic carbocycles. The molecule has 5 heteroatoms. The molecule has 3 aromatic heterocycles. The molecule has 0 bridgehead atoms. The van der Waals surface area contributed by atoms with E-state index >= 15 is 0 Å². The fourth-order valence-corrected chi connectivity index (χ4v) is 12.5. The Morgan fingerprint density at radius 1 is 0.253 bits per heavy atom. The summed E-state index contributed by atoms with van der Waals surface area (Å²) in [7, 11) is 0. The number of fused-ring (bicyclic) bond motifs is 16. The van der Waals surface area contributed by atoms with E-state index in [-0.39, 0.29) is 5.41 Å². The Kier molecular flexibility index (Phi) is 8.89. The first-order valence-electron chi connectivity index (χ1n) is 25.5. The summed E-state index contributed by atoms with van der Waals surface area (Å²) in [5.74, 6) is 1.63. The van der Waals surface area contributed by atoms with Gasteiger partial charge in [-0.3, -0.25) is 0 Å². The summed E-state index contributed by atoms with van der Waals surface area (Å²) in [5, 5.41) is 3.98. The number of rotatable bonds is 6. The zero-order valence-electron chi connectivity index (χ0n) is 40.3. The Balaban J connectivity index is 0.805. The maximum Gasteiger partial charge on any atom is 0.167 e. The molecule has 14 aromatic rings. The van der Waals surface area contributed by atoms with Crippen molar-refractivity contribution >= 4 is 43.9 Å². The lowest BCUT2D eigenvalue weighted by Gasteiger charge is -2.30. The Hall–Kier alpha value is -9.97. The van der Waals surface area contributed by atoms with Gasteiger partial charge in [0.2, 0.25) is 0 Å². The number of hydrogen-bond donors (Lipinski definition) is 0. The van der Waals surface area contributed by atoms with Gasteiger partial charge in [0, 0.05) is 32.7 Å². The van der Waals surface area contributed by atoms with Crippen molar-refractivity contribution in [2.24, 2.45) is 0 Å². The second-order valence-corrected chi connectivity index (χ2v) is 19.7. The Bertz CT molecular complexity index is 4620. The highest BCUT2D eigenvalue weighted by atomic mass is 16.3. The number of hydrogen-bond acceptors (Lipinski definition) is 5. The van der Waals surface area contributed by atoms with Crippen molar-refractivity contribution in [1.29, 1.82) is 0 Å². The lowest BCUT2D eigenvalue weighted by Crippen LogP contribution is -2.25. The third-order valence-electron chi connectivity index (χ3n) is 15.8. The Morgan fingerprint density at radius 3 is 1.48 bits per heavy atom. The van der Waals surface area contributed by atoms with Crippen molar-refractivity contribution in [3.8, 4) is 89.8 Å². The molecule has 1 spiro atoms. The average Bonchev–Trinajstić information content (AvgIpc) is 4.25. The number of nitrogens with zero attached hydrogens (tertiary/aromatic N) is 3. The van der Waals surface area contributed by atoms with Crippen LogP contribution in [0.3, 0.4) is 0 Å². The van der Waals surface area contributed by atoms with Crippen LogP contribution in [0.25, 0.3) is 134 Å². The van der Waals surface area contributed by atoms with Gasteiger partial charge in [0.1, 0.15) is 22.3 Å². The van der Waals surface area contributed by atoms with Crippen molar-refractivity contribution in [3.63, 3.8) is 0 Å². The fourth-order valence-electron chi connectivity index (χ4n) is 12.5. The summed E-state index contributed by atoms with van der Waals surface area (Å²) >= 11 is 0. The van der Waals surface area contributed by atoms with E-state index in [1.807, 2.05) is 48.5 Å². The SMILES string of the molecule is c1ccc(-c2cccc(-c3nc(-c4cccc5c4oc4ccccc45)nc(-c4cccc5oc6ccc(-c7ccc(-c8ccc9c(c8)-c8ccccc8C98c9ccccc9-c9ccccc98)cc7)cc6c45)n3)c2)cc1. The van der Waals surface area contributed by atoms with Crippen LogP contribution in [-0.2, 0) is 5.41 Å². The summed E-state index contributed by atoms with van der Waals surface area (Å²) in [4.78, 5) is 15.8. The van der Waals surface area contributed by atoms with E-state index in [2.05, 4.69) is 200 Å². The molecule has 0 atom stereocenters. The molecule has 0 radical (unpaired) electrons. The van der Waals surface area contributed by atoms with Crippen LogP contribution in [0.1, 0.15) is 22.3 Å². The molecule has 75 heavy (non-hydrogen) atoms. The second-order valence-electron chi connectivity index (χ2n) is 19.7. The van der Waals surface area contributed by atoms with E-state index in [4.69, 9.17) is 23.8 Å². The lowest BCUT2D eigenvalue weighted by atomic mass is 9.70. The van der Waals surface area contributed by atoms with Crippen LogP contribution >= 0.6 is 0 Å². The smallest absolute Gasteiger partial charge is 0.167 e. The van der Waals surface area contributed by atoms with Crippen LogP contribution in [0.2, 0.25) is 0 Å². The maximum atomic E-state index is 6.62. The summed E-state index contributed by atoms with van der Waals surface area (Å²) in [6, 6.07) is 88.7. The number of furan rings is 2. The van der Waals surface area contributed by atoms with Crippen LogP contribution in [0.4, 0.5) is 0 Å². The molecule has 0 N–H and O–H groups in total. The summed E-state index contributed by atoms with van der Waals surface area (Å²) in [5.41, 5.74) is 22.6. The maximum absolute atomic E-state index is 6.62. The molecular weight excluding hydrogens is 915 g/mol. The van der Waals surface area contributed by atoms with Gasteiger partial charge in [-0.2, -0.15) is 0 Å². The standard InChI is InChI=1S/C70H41N3O2/c1-2-15-42(16-3-1)45-17-12-18-48(39-45)67-71-68(73-69(72-67)55-25-13-23-53-52-22-7-11-29-62(52)75-66(53)55)54-24-14-30-64-65(54)57-41-47(36-38-63(57)74-64)44-33-31-43(32-34-44)46-35-37-61-56(40-46)51-21-6-10-28-60(51)70(61)58-26-8-4-19-49(58)50-20-5-9-27-59(50)70/h1-41H. The third kappa shape index (κ3) is 6.16. The molecule has 0 amide bonds. The normalized spacial score (nSPS) is 12.9. The third-order valence-corrected chi connectivity index (χ3v) is 15.8. The quantitative estimate of drug-likeness (QED) is 0.166. The minimum Gasteiger partial charge on any atom is -0.456 e. The predicted octanol–water partition coefficient (Wildman–Crippen LogP) is 18.0. The van der Waals surface area contributed by atoms with Gasteiger partial charge in [0.05, 0.1) is 11.0 Å². The number of para-hydroxylation sites is 2. The fraction of sp³-hybridized carbons (Fsp3) is 0.0143. The first kappa shape index (κ1) is 41.6. The average molecular weight is 956 g/mol. The van der Waals surface area contributed by atoms with Gasteiger partial charge < -0.3 is 8.83 Å². The molecular formula is C70H41N3O2. The predicted molar refractivity (Wildman–Crippen MR) is 303 cm³/mol. The van der Waals surface area contributed by atoms with Crippen LogP contribution in [-0.4, -0.2) is 15.0 Å². The van der Waals surface area contributed by atoms with Gasteiger partial charge >= 0.3 is 0 Å². The molecule has 5 nitrogen and oxygen atoms in total. The first-order valence-corrected chi connectivity index (χ1v) is 25.5. The van der Waals surface area contributed by atoms with Gasteiger partial charge in [0.25, 0.3) is 0 Å². The molecule has 3 heterocycles.